The third-order valence-corrected chi connectivity index (χ3v) is 9.60. The summed E-state index contributed by atoms with van der Waals surface area (Å²) in [5.41, 5.74) is 1.10. The summed E-state index contributed by atoms with van der Waals surface area (Å²) < 4.78 is 65.4. The van der Waals surface area contributed by atoms with Crippen LogP contribution in [0.1, 0.15) is 18.4 Å². The molecule has 0 aliphatic carbocycles. The maximum atomic E-state index is 14.1. The van der Waals surface area contributed by atoms with Crippen molar-refractivity contribution in [3.63, 3.8) is 0 Å². The monoisotopic (exact) mass is 617 g/mol. The van der Waals surface area contributed by atoms with Gasteiger partial charge in [-0.1, -0.05) is 0 Å². The van der Waals surface area contributed by atoms with Crippen molar-refractivity contribution < 1.29 is 21.6 Å². The van der Waals surface area contributed by atoms with E-state index >= 15 is 0 Å². The number of nitrogens with two attached hydrogens (primary N) is 1. The Hall–Kier alpha value is -3.05. The summed E-state index contributed by atoms with van der Waals surface area (Å²) in [5, 5.41) is 9.49. The van der Waals surface area contributed by atoms with Crippen LogP contribution in [0, 0.1) is 0 Å². The molecule has 5 rings (SSSR count). The molecule has 0 bridgehead atoms. The fourth-order valence-electron chi connectivity index (χ4n) is 4.45. The van der Waals surface area contributed by atoms with Gasteiger partial charge in [-0.25, -0.2) is 13.6 Å². The fraction of sp³-hybridized carbons (Fsp3) is 0.269. The van der Waals surface area contributed by atoms with E-state index in [2.05, 4.69) is 25.2 Å². The Labute approximate surface area is 230 Å². The summed E-state index contributed by atoms with van der Waals surface area (Å²) in [6, 6.07) is 12.1. The van der Waals surface area contributed by atoms with Gasteiger partial charge in [0.1, 0.15) is 0 Å². The van der Waals surface area contributed by atoms with Crippen molar-refractivity contribution in [3.8, 4) is 11.1 Å². The molecule has 1 aliphatic heterocycles. The number of hydrogen-bond donors (Lipinski definition) is 2. The van der Waals surface area contributed by atoms with Gasteiger partial charge in [-0.3, -0.25) is 0 Å². The number of primary sulfonamides is 1. The molecule has 1 fully saturated rings. The van der Waals surface area contributed by atoms with E-state index in [9.17, 15) is 21.6 Å². The Kier molecular flexibility index (Phi) is 7.91. The first kappa shape index (κ1) is 27.5. The Bertz CT molecular complexity index is 1590. The van der Waals surface area contributed by atoms with E-state index in [0.29, 0.717) is 32.9 Å². The second-order valence-corrected chi connectivity index (χ2v) is 13.2. The summed E-state index contributed by atoms with van der Waals surface area (Å²) >= 11 is -0.726. The topological polar surface area (TPSA) is 114 Å². The van der Waals surface area contributed by atoms with Gasteiger partial charge >= 0.3 is 203 Å². The molecule has 3 heterocycles. The second kappa shape index (κ2) is 11.2. The van der Waals surface area contributed by atoms with Gasteiger partial charge in [-0.15, -0.1) is 0 Å². The minimum absolute atomic E-state index is 0.0377. The quantitative estimate of drug-likeness (QED) is 0.288. The standard InChI is InChI=1S/C26H25AsF3N6O2S/c28-26(29,30)22-14-18(16-32-24(22)27-10-13-36-11-1-2-12-36)21-5-3-4-17-15-33-25(35-23(17)21)34-19-6-8-20(9-7-19)39(31,37)38/h3-9,14-16H,1-2,10-13H2,(H2,31,37,38)(H,33,34,35). The van der Waals surface area contributed by atoms with Crippen molar-refractivity contribution in [2.75, 3.05) is 25.0 Å². The molecule has 0 unspecified atom stereocenters. The van der Waals surface area contributed by atoms with Crippen LogP contribution >= 0.6 is 0 Å². The molecule has 13 heteroatoms. The number of para-hydroxylation sites is 1. The number of rotatable bonds is 8. The van der Waals surface area contributed by atoms with E-state index in [1.54, 1.807) is 24.4 Å². The van der Waals surface area contributed by atoms with Crippen molar-refractivity contribution in [3.05, 3.63) is 66.5 Å². The molecule has 0 saturated carbocycles. The Morgan fingerprint density at radius 1 is 1.03 bits per heavy atom. The van der Waals surface area contributed by atoms with Crippen LogP contribution in [0.2, 0.25) is 5.21 Å². The van der Waals surface area contributed by atoms with Crippen molar-refractivity contribution in [1.29, 1.82) is 0 Å². The zero-order chi connectivity index (χ0) is 27.6. The molecule has 0 spiro atoms. The number of hydrogen-bond acceptors (Lipinski definition) is 7. The van der Waals surface area contributed by atoms with E-state index in [1.165, 1.54) is 36.5 Å². The molecule has 1 aliphatic rings. The minimum atomic E-state index is -4.52. The van der Waals surface area contributed by atoms with E-state index in [-0.39, 0.29) is 15.3 Å². The molecule has 2 aromatic heterocycles. The van der Waals surface area contributed by atoms with Gasteiger partial charge in [0.25, 0.3) is 0 Å². The molecule has 2 aromatic carbocycles. The Morgan fingerprint density at radius 2 is 1.77 bits per heavy atom. The van der Waals surface area contributed by atoms with Crippen molar-refractivity contribution in [2.24, 2.45) is 5.14 Å². The third kappa shape index (κ3) is 6.58. The van der Waals surface area contributed by atoms with Gasteiger partial charge in [0.05, 0.1) is 4.90 Å². The molecule has 39 heavy (non-hydrogen) atoms. The number of likely N-dealkylation sites (tertiary alicyclic amines) is 1. The summed E-state index contributed by atoms with van der Waals surface area (Å²) in [4.78, 5) is 15.4. The van der Waals surface area contributed by atoms with Gasteiger partial charge in [-0.05, 0) is 0 Å². The third-order valence-electron chi connectivity index (χ3n) is 6.41. The van der Waals surface area contributed by atoms with Crippen LogP contribution in [-0.2, 0) is 16.2 Å². The number of anilines is 2. The normalized spacial score (nSPS) is 15.0. The number of sulfonamides is 1. The number of benzene rings is 2. The SMILES string of the molecule is NS(=O)(=O)c1ccc(Nc2ncc3cccc(-c4cnc([As]CCN5CCCC5)c(C(F)(F)F)c4)c3n2)cc1. The summed E-state index contributed by atoms with van der Waals surface area (Å²) in [7, 11) is -3.83. The van der Waals surface area contributed by atoms with Crippen LogP contribution in [-0.4, -0.2) is 63.7 Å². The molecule has 0 amide bonds. The molecule has 0 atom stereocenters. The van der Waals surface area contributed by atoms with Crippen molar-refractivity contribution >= 4 is 52.8 Å². The van der Waals surface area contributed by atoms with E-state index in [0.717, 1.165) is 32.5 Å². The van der Waals surface area contributed by atoms with Crippen LogP contribution in [0.3, 0.4) is 0 Å². The number of nitrogens with zero attached hydrogens (tertiary/aromatic N) is 4. The van der Waals surface area contributed by atoms with Crippen LogP contribution in [0.25, 0.3) is 22.0 Å². The Balaban J connectivity index is 1.44. The van der Waals surface area contributed by atoms with Gasteiger partial charge in [0, 0.05) is 0 Å². The predicted octanol–water partition coefficient (Wildman–Crippen LogP) is 3.95. The fourth-order valence-corrected chi connectivity index (χ4v) is 7.26. The number of nitrogens with one attached hydrogen (secondary N) is 1. The number of aromatic nitrogens is 3. The second-order valence-electron chi connectivity index (χ2n) is 9.15. The average molecular weight is 618 g/mol. The molecule has 1 saturated heterocycles. The van der Waals surface area contributed by atoms with Crippen LogP contribution in [0.4, 0.5) is 24.8 Å². The maximum absolute atomic E-state index is 14.1. The molecule has 3 N–H and O–H groups in total. The van der Waals surface area contributed by atoms with Crippen LogP contribution < -0.4 is 14.9 Å². The number of alkyl halides is 3. The number of fused-ring (bicyclic) bond motifs is 1. The van der Waals surface area contributed by atoms with E-state index in [4.69, 9.17) is 5.14 Å². The number of pyridine rings is 1. The van der Waals surface area contributed by atoms with Gasteiger partial charge in [0.15, 0.2) is 0 Å². The zero-order valence-corrected chi connectivity index (χ0v) is 23.4. The van der Waals surface area contributed by atoms with Gasteiger partial charge in [-0.2, -0.15) is 0 Å². The Morgan fingerprint density at radius 3 is 2.46 bits per heavy atom. The molecule has 1 radical (unpaired) electrons. The van der Waals surface area contributed by atoms with Crippen LogP contribution in [0.15, 0.2) is 65.8 Å². The molecular formula is C26H25AsF3N6O2S. The van der Waals surface area contributed by atoms with E-state index in [1.807, 2.05) is 0 Å². The average Bonchev–Trinajstić information content (AvgIpc) is 3.41. The zero-order valence-electron chi connectivity index (χ0n) is 20.7. The van der Waals surface area contributed by atoms with Gasteiger partial charge in [0.2, 0.25) is 10.0 Å². The summed E-state index contributed by atoms with van der Waals surface area (Å²) in [6.45, 7) is 2.84. The first-order valence-corrected chi connectivity index (χ1v) is 16.0. The van der Waals surface area contributed by atoms with Gasteiger partial charge < -0.3 is 0 Å². The van der Waals surface area contributed by atoms with E-state index < -0.39 is 37.5 Å². The first-order chi connectivity index (χ1) is 18.6. The van der Waals surface area contributed by atoms with Crippen molar-refractivity contribution in [1.82, 2.24) is 19.9 Å². The molecular weight excluding hydrogens is 592 g/mol. The molecule has 8 nitrogen and oxygen atoms in total. The first-order valence-electron chi connectivity index (χ1n) is 12.2. The van der Waals surface area contributed by atoms with Crippen molar-refractivity contribution in [2.45, 2.75) is 29.1 Å². The summed E-state index contributed by atoms with van der Waals surface area (Å²) in [6.07, 6.45) is 0.841. The predicted molar refractivity (Wildman–Crippen MR) is 145 cm³/mol. The molecule has 203 valence electrons. The molecule has 4 aromatic rings. The number of halogens is 3. The summed E-state index contributed by atoms with van der Waals surface area (Å²) in [5.74, 6) is 0.200. The van der Waals surface area contributed by atoms with Crippen LogP contribution in [0.5, 0.6) is 0 Å².